The fourth-order valence-electron chi connectivity index (χ4n) is 0.0896. The summed E-state index contributed by atoms with van der Waals surface area (Å²) in [6.45, 7) is -1.33. The summed E-state index contributed by atoms with van der Waals surface area (Å²) in [6, 6.07) is 0. The van der Waals surface area contributed by atoms with Crippen molar-refractivity contribution in [1.29, 1.82) is 0 Å². The second-order valence-corrected chi connectivity index (χ2v) is 2.84. The van der Waals surface area contributed by atoms with Crippen LogP contribution in [0.5, 0.6) is 0 Å². The van der Waals surface area contributed by atoms with Gasteiger partial charge in [0.2, 0.25) is 4.33 Å². The zero-order valence-electron chi connectivity index (χ0n) is 4.04. The molecule has 0 aliphatic carbocycles. The number of hydrogen-bond donors (Lipinski definition) is 1. The average Bonchev–Trinajstić information content (AvgIpc) is 1.64. The van der Waals surface area contributed by atoms with E-state index < -0.39 is 17.1 Å². The number of aliphatic hydroxyl groups is 1. The molecule has 0 unspecified atom stereocenters. The Kier molecular flexibility index (Phi) is 2.61. The fraction of sp³-hybridized carbons (Fsp3) is 1.00. The topological polar surface area (TPSA) is 20.2 Å². The highest BCUT2D eigenvalue weighted by molar-refractivity contribution is 6.49. The lowest BCUT2D eigenvalue weighted by Crippen LogP contribution is -2.37. The van der Waals surface area contributed by atoms with Crippen LogP contribution in [0.4, 0.5) is 13.2 Å². The molecule has 0 aromatic carbocycles. The molecule has 0 spiro atoms. The SMILES string of the molecule is OCC(Cl)(Cl)C(F)(F)F. The van der Waals surface area contributed by atoms with Crippen LogP contribution in [0.2, 0.25) is 0 Å². The van der Waals surface area contributed by atoms with E-state index in [2.05, 4.69) is 23.2 Å². The Bertz CT molecular complexity index is 99.7. The standard InChI is InChI=1S/C3H3Cl2F3O/c4-2(5,1-9)3(6,7)8/h9H,1H2. The van der Waals surface area contributed by atoms with Crippen LogP contribution in [0, 0.1) is 0 Å². The van der Waals surface area contributed by atoms with Crippen molar-refractivity contribution >= 4 is 23.2 Å². The van der Waals surface area contributed by atoms with Crippen LogP contribution < -0.4 is 0 Å². The van der Waals surface area contributed by atoms with Gasteiger partial charge in [-0.25, -0.2) is 0 Å². The lowest BCUT2D eigenvalue weighted by atomic mass is 10.4. The van der Waals surface area contributed by atoms with Gasteiger partial charge < -0.3 is 5.11 Å². The third kappa shape index (κ3) is 2.20. The van der Waals surface area contributed by atoms with Gasteiger partial charge in [0, 0.05) is 0 Å². The molecule has 0 aromatic heterocycles. The van der Waals surface area contributed by atoms with Gasteiger partial charge in [-0.1, -0.05) is 23.2 Å². The molecule has 9 heavy (non-hydrogen) atoms. The van der Waals surface area contributed by atoms with E-state index in [1.807, 2.05) is 0 Å². The fourth-order valence-corrected chi connectivity index (χ4v) is 0.0896. The maximum atomic E-state index is 11.4. The molecule has 0 aliphatic rings. The van der Waals surface area contributed by atoms with Gasteiger partial charge in [-0.15, -0.1) is 0 Å². The minimum absolute atomic E-state index is 1.33. The molecule has 0 aromatic rings. The summed E-state index contributed by atoms with van der Waals surface area (Å²) in [5.41, 5.74) is 0. The van der Waals surface area contributed by atoms with Gasteiger partial charge in [-0.05, 0) is 0 Å². The molecule has 0 fully saturated rings. The van der Waals surface area contributed by atoms with Crippen LogP contribution in [-0.2, 0) is 0 Å². The molecule has 0 radical (unpaired) electrons. The van der Waals surface area contributed by atoms with Crippen molar-refractivity contribution < 1.29 is 18.3 Å². The van der Waals surface area contributed by atoms with Crippen molar-refractivity contribution in [3.8, 4) is 0 Å². The van der Waals surface area contributed by atoms with Gasteiger partial charge in [-0.2, -0.15) is 13.2 Å². The molecular formula is C3H3Cl2F3O. The van der Waals surface area contributed by atoms with Gasteiger partial charge in [0.15, 0.2) is 0 Å². The summed E-state index contributed by atoms with van der Waals surface area (Å²) in [7, 11) is 0. The summed E-state index contributed by atoms with van der Waals surface area (Å²) in [5.74, 6) is 0. The second-order valence-electron chi connectivity index (χ2n) is 1.36. The molecule has 0 rings (SSSR count). The molecule has 0 atom stereocenters. The molecule has 56 valence electrons. The number of alkyl halides is 5. The molecule has 0 saturated heterocycles. The maximum Gasteiger partial charge on any atom is 0.423 e. The van der Waals surface area contributed by atoms with E-state index in [9.17, 15) is 13.2 Å². The predicted octanol–water partition coefficient (Wildman–Crippen LogP) is 1.71. The van der Waals surface area contributed by atoms with Crippen LogP contribution in [0.1, 0.15) is 0 Å². The van der Waals surface area contributed by atoms with Crippen molar-refractivity contribution in [2.24, 2.45) is 0 Å². The molecular weight excluding hydrogens is 180 g/mol. The molecule has 0 bridgehead atoms. The highest BCUT2D eigenvalue weighted by Crippen LogP contribution is 2.38. The number of halogens is 5. The third-order valence-corrected chi connectivity index (χ3v) is 1.28. The summed E-state index contributed by atoms with van der Waals surface area (Å²) < 4.78 is 31.2. The first kappa shape index (κ1) is 9.33. The van der Waals surface area contributed by atoms with Crippen LogP contribution in [-0.4, -0.2) is 22.2 Å². The van der Waals surface area contributed by atoms with Gasteiger partial charge in [0.1, 0.15) is 0 Å². The molecule has 6 heteroatoms. The smallest absolute Gasteiger partial charge is 0.393 e. The minimum atomic E-state index is -4.77. The van der Waals surface area contributed by atoms with E-state index in [1.165, 1.54) is 0 Å². The van der Waals surface area contributed by atoms with E-state index in [1.54, 1.807) is 0 Å². The molecule has 0 heterocycles. The lowest BCUT2D eigenvalue weighted by Gasteiger charge is -2.19. The van der Waals surface area contributed by atoms with E-state index >= 15 is 0 Å². The van der Waals surface area contributed by atoms with Gasteiger partial charge >= 0.3 is 6.18 Å². The van der Waals surface area contributed by atoms with Crippen molar-refractivity contribution in [1.82, 2.24) is 0 Å². The van der Waals surface area contributed by atoms with E-state index in [-0.39, 0.29) is 0 Å². The Hall–Kier alpha value is 0.330. The van der Waals surface area contributed by atoms with E-state index in [4.69, 9.17) is 5.11 Å². The number of rotatable bonds is 1. The predicted molar refractivity (Wildman–Crippen MR) is 27.6 cm³/mol. The van der Waals surface area contributed by atoms with Crippen molar-refractivity contribution in [3.63, 3.8) is 0 Å². The number of hydrogen-bond acceptors (Lipinski definition) is 1. The van der Waals surface area contributed by atoms with E-state index in [0.29, 0.717) is 0 Å². The van der Waals surface area contributed by atoms with Crippen LogP contribution >= 0.6 is 23.2 Å². The number of aliphatic hydroxyl groups excluding tert-OH is 1. The summed E-state index contributed by atoms with van der Waals surface area (Å²) in [4.78, 5) is 0. The average molecular weight is 183 g/mol. The second kappa shape index (κ2) is 2.52. The largest absolute Gasteiger partial charge is 0.423 e. The van der Waals surface area contributed by atoms with Crippen LogP contribution in [0.3, 0.4) is 0 Å². The zero-order chi connectivity index (χ0) is 7.71. The Morgan fingerprint density at radius 3 is 1.56 bits per heavy atom. The summed E-state index contributed by atoms with van der Waals surface area (Å²) in [6.07, 6.45) is -4.77. The molecule has 0 saturated carbocycles. The Morgan fingerprint density at radius 1 is 1.22 bits per heavy atom. The summed E-state index contributed by atoms with van der Waals surface area (Å²) in [5, 5.41) is 7.95. The van der Waals surface area contributed by atoms with E-state index in [0.717, 1.165) is 0 Å². The molecule has 0 amide bonds. The van der Waals surface area contributed by atoms with Gasteiger partial charge in [0.05, 0.1) is 6.61 Å². The van der Waals surface area contributed by atoms with Crippen molar-refractivity contribution in [2.75, 3.05) is 6.61 Å². The van der Waals surface area contributed by atoms with Crippen LogP contribution in [0.15, 0.2) is 0 Å². The normalized spacial score (nSPS) is 14.0. The van der Waals surface area contributed by atoms with Crippen molar-refractivity contribution in [3.05, 3.63) is 0 Å². The van der Waals surface area contributed by atoms with Crippen LogP contribution in [0.25, 0.3) is 0 Å². The first-order valence-electron chi connectivity index (χ1n) is 1.86. The Balaban J connectivity index is 4.14. The van der Waals surface area contributed by atoms with Crippen molar-refractivity contribution in [2.45, 2.75) is 10.5 Å². The maximum absolute atomic E-state index is 11.4. The third-order valence-electron chi connectivity index (χ3n) is 0.613. The quantitative estimate of drug-likeness (QED) is 0.613. The molecule has 1 N–H and O–H groups in total. The first-order chi connectivity index (χ1) is 3.81. The zero-order valence-corrected chi connectivity index (χ0v) is 5.56. The highest BCUT2D eigenvalue weighted by atomic mass is 35.5. The Morgan fingerprint density at radius 2 is 1.56 bits per heavy atom. The van der Waals surface area contributed by atoms with Gasteiger partial charge in [0.25, 0.3) is 0 Å². The molecule has 1 nitrogen and oxygen atoms in total. The minimum Gasteiger partial charge on any atom is -0.393 e. The Labute approximate surface area is 59.4 Å². The first-order valence-corrected chi connectivity index (χ1v) is 2.62. The highest BCUT2D eigenvalue weighted by Gasteiger charge is 2.52. The monoisotopic (exact) mass is 182 g/mol. The lowest BCUT2D eigenvalue weighted by molar-refractivity contribution is -0.148. The summed E-state index contributed by atoms with van der Waals surface area (Å²) >= 11 is 9.17. The van der Waals surface area contributed by atoms with Gasteiger partial charge in [-0.3, -0.25) is 0 Å². The molecule has 0 aliphatic heterocycles.